The van der Waals surface area contributed by atoms with E-state index in [1.807, 2.05) is 18.2 Å². The molecular weight excluding hydrogens is 252 g/mol. The third-order valence-electron chi connectivity index (χ3n) is 5.20. The second kappa shape index (κ2) is 5.04. The number of carboxylic acid groups (broad SMARTS) is 1. The Hall–Kier alpha value is -1.64. The zero-order valence-corrected chi connectivity index (χ0v) is 11.5. The van der Waals surface area contributed by atoms with E-state index in [-0.39, 0.29) is 12.2 Å². The Kier molecular flexibility index (Phi) is 3.36. The zero-order chi connectivity index (χ0) is 14.2. The van der Waals surface area contributed by atoms with Crippen molar-refractivity contribution in [1.82, 2.24) is 0 Å². The Bertz CT molecular complexity index is 522. The topological polar surface area (TPSA) is 54.4 Å². The van der Waals surface area contributed by atoms with Crippen molar-refractivity contribution in [2.45, 2.75) is 38.5 Å². The standard InChI is InChI=1S/C17H20O3/c18-15-10-13(8-12-4-2-1-3-5-12)9-14-6-7-17(14,15)11-16(19)20/h1-5,13-14H,6-11H2,(H,19,20). The molecule has 0 spiro atoms. The number of fused-ring (bicyclic) bond motifs is 1. The number of hydrogen-bond donors (Lipinski definition) is 1. The number of benzene rings is 1. The minimum atomic E-state index is -0.829. The summed E-state index contributed by atoms with van der Waals surface area (Å²) in [4.78, 5) is 23.5. The molecule has 20 heavy (non-hydrogen) atoms. The van der Waals surface area contributed by atoms with Crippen molar-refractivity contribution < 1.29 is 14.7 Å². The van der Waals surface area contributed by atoms with Gasteiger partial charge in [0.15, 0.2) is 0 Å². The predicted molar refractivity (Wildman–Crippen MR) is 75.3 cm³/mol. The normalized spacial score (nSPS) is 32.3. The monoisotopic (exact) mass is 272 g/mol. The first-order valence-electron chi connectivity index (χ1n) is 7.39. The number of Topliss-reactive ketones (excluding diaryl/α,β-unsaturated/α-hetero) is 1. The largest absolute Gasteiger partial charge is 0.481 e. The molecule has 0 bridgehead atoms. The maximum atomic E-state index is 12.5. The van der Waals surface area contributed by atoms with E-state index in [9.17, 15) is 9.59 Å². The van der Waals surface area contributed by atoms with Gasteiger partial charge in [0, 0.05) is 11.8 Å². The smallest absolute Gasteiger partial charge is 0.304 e. The zero-order valence-electron chi connectivity index (χ0n) is 11.5. The van der Waals surface area contributed by atoms with E-state index in [1.54, 1.807) is 0 Å². The molecule has 1 N–H and O–H groups in total. The first-order chi connectivity index (χ1) is 9.60. The van der Waals surface area contributed by atoms with Crippen molar-refractivity contribution in [2.75, 3.05) is 0 Å². The summed E-state index contributed by atoms with van der Waals surface area (Å²) >= 11 is 0. The minimum absolute atomic E-state index is 0.0363. The van der Waals surface area contributed by atoms with Crippen LogP contribution in [0.4, 0.5) is 0 Å². The molecule has 1 aromatic carbocycles. The molecule has 2 fully saturated rings. The summed E-state index contributed by atoms with van der Waals surface area (Å²) in [5.74, 6) is 0.0542. The quantitative estimate of drug-likeness (QED) is 0.916. The van der Waals surface area contributed by atoms with E-state index in [0.29, 0.717) is 18.3 Å². The number of hydrogen-bond acceptors (Lipinski definition) is 2. The van der Waals surface area contributed by atoms with Gasteiger partial charge in [-0.3, -0.25) is 9.59 Å². The SMILES string of the molecule is O=C(O)CC12CCC1CC(Cc1ccccc1)CC2=O. The molecule has 2 aliphatic carbocycles. The Labute approximate surface area is 119 Å². The molecule has 0 aliphatic heterocycles. The molecule has 106 valence electrons. The average molecular weight is 272 g/mol. The van der Waals surface area contributed by atoms with Crippen LogP contribution in [0.3, 0.4) is 0 Å². The molecule has 0 heterocycles. The number of rotatable bonds is 4. The van der Waals surface area contributed by atoms with E-state index in [4.69, 9.17) is 5.11 Å². The maximum absolute atomic E-state index is 12.5. The highest BCUT2D eigenvalue weighted by atomic mass is 16.4. The van der Waals surface area contributed by atoms with Crippen molar-refractivity contribution in [2.24, 2.45) is 17.3 Å². The molecule has 3 rings (SSSR count). The van der Waals surface area contributed by atoms with Gasteiger partial charge < -0.3 is 5.11 Å². The second-order valence-electron chi connectivity index (χ2n) is 6.38. The van der Waals surface area contributed by atoms with Gasteiger partial charge in [-0.1, -0.05) is 30.3 Å². The Morgan fingerprint density at radius 3 is 2.60 bits per heavy atom. The lowest BCUT2D eigenvalue weighted by molar-refractivity contribution is -0.159. The van der Waals surface area contributed by atoms with Crippen LogP contribution in [0, 0.1) is 17.3 Å². The van der Waals surface area contributed by atoms with Crippen LogP contribution in [0.5, 0.6) is 0 Å². The van der Waals surface area contributed by atoms with E-state index in [1.165, 1.54) is 5.56 Å². The number of carboxylic acids is 1. The molecule has 3 atom stereocenters. The summed E-state index contributed by atoms with van der Waals surface area (Å²) < 4.78 is 0. The van der Waals surface area contributed by atoms with Crippen LogP contribution in [0.2, 0.25) is 0 Å². The van der Waals surface area contributed by atoms with Gasteiger partial charge in [0.25, 0.3) is 0 Å². The highest BCUT2D eigenvalue weighted by Gasteiger charge is 2.56. The number of carbonyl (C=O) groups excluding carboxylic acids is 1. The summed E-state index contributed by atoms with van der Waals surface area (Å²) in [5, 5.41) is 9.05. The second-order valence-corrected chi connectivity index (χ2v) is 6.38. The number of carbonyl (C=O) groups is 2. The fourth-order valence-electron chi connectivity index (χ4n) is 4.06. The van der Waals surface area contributed by atoms with Gasteiger partial charge in [0.1, 0.15) is 5.78 Å². The lowest BCUT2D eigenvalue weighted by Gasteiger charge is -2.52. The molecule has 0 saturated heterocycles. The van der Waals surface area contributed by atoms with Gasteiger partial charge in [0.2, 0.25) is 0 Å². The Morgan fingerprint density at radius 2 is 2.05 bits per heavy atom. The molecule has 3 nitrogen and oxygen atoms in total. The summed E-state index contributed by atoms with van der Waals surface area (Å²) in [6, 6.07) is 10.3. The van der Waals surface area contributed by atoms with Crippen LogP contribution in [0.25, 0.3) is 0 Å². The van der Waals surface area contributed by atoms with E-state index in [2.05, 4.69) is 12.1 Å². The van der Waals surface area contributed by atoms with Gasteiger partial charge in [-0.05, 0) is 43.1 Å². The molecule has 0 aromatic heterocycles. The van der Waals surface area contributed by atoms with E-state index >= 15 is 0 Å². The van der Waals surface area contributed by atoms with Crippen molar-refractivity contribution in [1.29, 1.82) is 0 Å². The lowest BCUT2D eigenvalue weighted by atomic mass is 9.50. The highest BCUT2D eigenvalue weighted by Crippen LogP contribution is 2.57. The first kappa shape index (κ1) is 13.3. The maximum Gasteiger partial charge on any atom is 0.304 e. The van der Waals surface area contributed by atoms with Crippen LogP contribution in [-0.4, -0.2) is 16.9 Å². The van der Waals surface area contributed by atoms with Crippen molar-refractivity contribution in [3.63, 3.8) is 0 Å². The average Bonchev–Trinajstić information content (AvgIpc) is 2.40. The van der Waals surface area contributed by atoms with Gasteiger partial charge in [0.05, 0.1) is 6.42 Å². The van der Waals surface area contributed by atoms with Crippen LogP contribution < -0.4 is 0 Å². The molecule has 2 saturated carbocycles. The van der Waals surface area contributed by atoms with Gasteiger partial charge >= 0.3 is 5.97 Å². The van der Waals surface area contributed by atoms with E-state index in [0.717, 1.165) is 25.7 Å². The van der Waals surface area contributed by atoms with Crippen molar-refractivity contribution >= 4 is 11.8 Å². The fraction of sp³-hybridized carbons (Fsp3) is 0.529. The molecule has 1 aromatic rings. The summed E-state index contributed by atoms with van der Waals surface area (Å²) in [7, 11) is 0. The molecule has 0 radical (unpaired) electrons. The first-order valence-corrected chi connectivity index (χ1v) is 7.39. The van der Waals surface area contributed by atoms with Crippen LogP contribution in [0.15, 0.2) is 30.3 Å². The Morgan fingerprint density at radius 1 is 1.30 bits per heavy atom. The Balaban J connectivity index is 1.69. The van der Waals surface area contributed by atoms with Gasteiger partial charge in [-0.15, -0.1) is 0 Å². The van der Waals surface area contributed by atoms with Gasteiger partial charge in [-0.2, -0.15) is 0 Å². The molecular formula is C17H20O3. The summed E-state index contributed by atoms with van der Waals surface area (Å²) in [5.41, 5.74) is 0.759. The molecule has 0 amide bonds. The third-order valence-corrected chi connectivity index (χ3v) is 5.20. The summed E-state index contributed by atoms with van der Waals surface area (Å²) in [6.07, 6.45) is 4.33. The third kappa shape index (κ3) is 2.26. The highest BCUT2D eigenvalue weighted by molar-refractivity contribution is 5.90. The molecule has 3 unspecified atom stereocenters. The van der Waals surface area contributed by atoms with Gasteiger partial charge in [-0.25, -0.2) is 0 Å². The summed E-state index contributed by atoms with van der Waals surface area (Å²) in [6.45, 7) is 0. The number of aliphatic carboxylic acids is 1. The van der Waals surface area contributed by atoms with Crippen LogP contribution in [0.1, 0.15) is 37.7 Å². The molecule has 3 heteroatoms. The van der Waals surface area contributed by atoms with Crippen LogP contribution >= 0.6 is 0 Å². The number of ketones is 1. The van der Waals surface area contributed by atoms with Crippen molar-refractivity contribution in [3.05, 3.63) is 35.9 Å². The predicted octanol–water partition coefficient (Wildman–Crippen LogP) is 3.08. The van der Waals surface area contributed by atoms with E-state index < -0.39 is 11.4 Å². The lowest BCUT2D eigenvalue weighted by Crippen LogP contribution is -2.52. The van der Waals surface area contributed by atoms with Crippen molar-refractivity contribution in [3.8, 4) is 0 Å². The fourth-order valence-corrected chi connectivity index (χ4v) is 4.06. The molecule has 2 aliphatic rings. The van der Waals surface area contributed by atoms with Crippen LogP contribution in [-0.2, 0) is 16.0 Å². The minimum Gasteiger partial charge on any atom is -0.481 e.